The van der Waals surface area contributed by atoms with Crippen LogP contribution < -0.4 is 5.73 Å². The zero-order valence-electron chi connectivity index (χ0n) is 8.22. The molecule has 2 rings (SSSR count). The average molecular weight is 200 g/mol. The molecule has 2 aromatic rings. The lowest BCUT2D eigenvalue weighted by Crippen LogP contribution is -1.97. The summed E-state index contributed by atoms with van der Waals surface area (Å²) in [6, 6.07) is 10.9. The van der Waals surface area contributed by atoms with Gasteiger partial charge in [-0.15, -0.1) is 0 Å². The van der Waals surface area contributed by atoms with Gasteiger partial charge in [-0.1, -0.05) is 12.1 Å². The predicted octanol–water partition coefficient (Wildman–Crippen LogP) is 1.91. The van der Waals surface area contributed by atoms with E-state index in [1.807, 2.05) is 24.3 Å². The van der Waals surface area contributed by atoms with Gasteiger partial charge in [0.25, 0.3) is 0 Å². The molecule has 15 heavy (non-hydrogen) atoms. The van der Waals surface area contributed by atoms with Crippen molar-refractivity contribution < 1.29 is 5.11 Å². The molecule has 3 nitrogen and oxygen atoms in total. The Hall–Kier alpha value is -1.87. The van der Waals surface area contributed by atoms with Crippen molar-refractivity contribution in [2.24, 2.45) is 5.73 Å². The van der Waals surface area contributed by atoms with Crippen LogP contribution in [-0.2, 0) is 6.54 Å². The summed E-state index contributed by atoms with van der Waals surface area (Å²) in [7, 11) is 0. The molecule has 0 saturated carbocycles. The molecular formula is C12H12N2O. The second-order valence-corrected chi connectivity index (χ2v) is 3.27. The summed E-state index contributed by atoms with van der Waals surface area (Å²) in [6.45, 7) is 0.475. The van der Waals surface area contributed by atoms with Crippen molar-refractivity contribution in [3.63, 3.8) is 0 Å². The van der Waals surface area contributed by atoms with Gasteiger partial charge in [-0.25, -0.2) is 0 Å². The molecule has 0 radical (unpaired) electrons. The maximum Gasteiger partial charge on any atom is 0.124 e. The normalized spacial score (nSPS) is 10.2. The molecule has 0 bridgehead atoms. The Morgan fingerprint density at radius 3 is 2.73 bits per heavy atom. The highest BCUT2D eigenvalue weighted by atomic mass is 16.3. The molecule has 0 amide bonds. The topological polar surface area (TPSA) is 59.1 Å². The number of nitrogens with two attached hydrogens (primary N) is 1. The second kappa shape index (κ2) is 4.11. The summed E-state index contributed by atoms with van der Waals surface area (Å²) in [4.78, 5) is 4.20. The van der Waals surface area contributed by atoms with Crippen molar-refractivity contribution in [3.8, 4) is 17.0 Å². The summed E-state index contributed by atoms with van der Waals surface area (Å²) in [5, 5.41) is 9.66. The highest BCUT2D eigenvalue weighted by molar-refractivity contribution is 5.66. The van der Waals surface area contributed by atoms with Crippen molar-refractivity contribution in [2.75, 3.05) is 0 Å². The summed E-state index contributed by atoms with van der Waals surface area (Å²) < 4.78 is 0. The number of benzene rings is 1. The van der Waals surface area contributed by atoms with E-state index >= 15 is 0 Å². The standard InChI is InChI=1S/C12H12N2O/c13-8-9-5-6-14-11(7-9)10-3-1-2-4-12(10)15/h1-7,15H,8,13H2. The van der Waals surface area contributed by atoms with Gasteiger partial charge in [0.05, 0.1) is 5.69 Å². The fourth-order valence-corrected chi connectivity index (χ4v) is 1.44. The van der Waals surface area contributed by atoms with Crippen LogP contribution in [0.1, 0.15) is 5.56 Å². The molecule has 0 aliphatic heterocycles. The van der Waals surface area contributed by atoms with E-state index in [0.717, 1.165) is 16.8 Å². The van der Waals surface area contributed by atoms with Gasteiger partial charge in [-0.2, -0.15) is 0 Å². The third-order valence-corrected chi connectivity index (χ3v) is 2.24. The molecule has 1 heterocycles. The van der Waals surface area contributed by atoms with Gasteiger partial charge < -0.3 is 10.8 Å². The van der Waals surface area contributed by atoms with E-state index in [1.54, 1.807) is 18.3 Å². The molecule has 0 unspecified atom stereocenters. The highest BCUT2D eigenvalue weighted by Crippen LogP contribution is 2.26. The Morgan fingerprint density at radius 1 is 1.20 bits per heavy atom. The number of hydrogen-bond acceptors (Lipinski definition) is 3. The number of aromatic nitrogens is 1. The lowest BCUT2D eigenvalue weighted by atomic mass is 10.1. The van der Waals surface area contributed by atoms with Gasteiger partial charge in [0.1, 0.15) is 5.75 Å². The number of rotatable bonds is 2. The van der Waals surface area contributed by atoms with E-state index in [2.05, 4.69) is 4.98 Å². The van der Waals surface area contributed by atoms with Crippen LogP contribution in [0.5, 0.6) is 5.75 Å². The van der Waals surface area contributed by atoms with Crippen molar-refractivity contribution in [1.29, 1.82) is 0 Å². The van der Waals surface area contributed by atoms with Crippen molar-refractivity contribution in [1.82, 2.24) is 4.98 Å². The van der Waals surface area contributed by atoms with Crippen molar-refractivity contribution in [2.45, 2.75) is 6.54 Å². The Labute approximate surface area is 88.2 Å². The Balaban J connectivity index is 2.49. The molecule has 0 fully saturated rings. The number of phenolic OH excluding ortho intramolecular Hbond substituents is 1. The van der Waals surface area contributed by atoms with Gasteiger partial charge in [0, 0.05) is 18.3 Å². The molecule has 0 aliphatic rings. The van der Waals surface area contributed by atoms with Crippen molar-refractivity contribution >= 4 is 0 Å². The first kappa shape index (κ1) is 9.68. The Bertz CT molecular complexity index is 469. The molecule has 0 spiro atoms. The molecule has 1 aromatic heterocycles. The lowest BCUT2D eigenvalue weighted by molar-refractivity contribution is 0.477. The third kappa shape index (κ3) is 1.97. The van der Waals surface area contributed by atoms with Crippen LogP contribution in [0.4, 0.5) is 0 Å². The first-order valence-corrected chi connectivity index (χ1v) is 4.74. The van der Waals surface area contributed by atoms with Crippen LogP contribution in [0, 0.1) is 0 Å². The van der Waals surface area contributed by atoms with E-state index in [9.17, 15) is 5.11 Å². The first-order chi connectivity index (χ1) is 7.31. The van der Waals surface area contributed by atoms with Crippen LogP contribution >= 0.6 is 0 Å². The fourth-order valence-electron chi connectivity index (χ4n) is 1.44. The minimum absolute atomic E-state index is 0.235. The smallest absolute Gasteiger partial charge is 0.124 e. The summed E-state index contributed by atoms with van der Waals surface area (Å²) in [5.41, 5.74) is 8.02. The van der Waals surface area contributed by atoms with Crippen LogP contribution in [0.15, 0.2) is 42.6 Å². The van der Waals surface area contributed by atoms with E-state index in [-0.39, 0.29) is 5.75 Å². The number of nitrogens with zero attached hydrogens (tertiary/aromatic N) is 1. The molecule has 0 atom stereocenters. The quantitative estimate of drug-likeness (QED) is 0.778. The van der Waals surface area contributed by atoms with Gasteiger partial charge in [-0.3, -0.25) is 4.98 Å². The predicted molar refractivity (Wildman–Crippen MR) is 59.2 cm³/mol. The van der Waals surface area contributed by atoms with Crippen LogP contribution in [0.25, 0.3) is 11.3 Å². The number of para-hydroxylation sites is 1. The van der Waals surface area contributed by atoms with Crippen LogP contribution in [-0.4, -0.2) is 10.1 Å². The Morgan fingerprint density at radius 2 is 2.00 bits per heavy atom. The average Bonchev–Trinajstić information content (AvgIpc) is 2.30. The number of phenols is 1. The second-order valence-electron chi connectivity index (χ2n) is 3.27. The van der Waals surface area contributed by atoms with E-state index in [4.69, 9.17) is 5.73 Å². The van der Waals surface area contributed by atoms with Gasteiger partial charge in [0.2, 0.25) is 0 Å². The lowest BCUT2D eigenvalue weighted by Gasteiger charge is -2.04. The minimum Gasteiger partial charge on any atom is -0.507 e. The molecule has 3 heteroatoms. The minimum atomic E-state index is 0.235. The zero-order valence-corrected chi connectivity index (χ0v) is 8.22. The molecule has 3 N–H and O–H groups in total. The largest absolute Gasteiger partial charge is 0.507 e. The fraction of sp³-hybridized carbons (Fsp3) is 0.0833. The van der Waals surface area contributed by atoms with Crippen molar-refractivity contribution in [3.05, 3.63) is 48.2 Å². The Kier molecular flexibility index (Phi) is 2.65. The summed E-state index contributed by atoms with van der Waals surface area (Å²) in [6.07, 6.45) is 1.70. The molecule has 1 aromatic carbocycles. The van der Waals surface area contributed by atoms with E-state index in [1.165, 1.54) is 0 Å². The SMILES string of the molecule is NCc1ccnc(-c2ccccc2O)c1. The molecule has 0 aliphatic carbocycles. The van der Waals surface area contributed by atoms with Crippen LogP contribution in [0.2, 0.25) is 0 Å². The summed E-state index contributed by atoms with van der Waals surface area (Å²) in [5.74, 6) is 0.235. The summed E-state index contributed by atoms with van der Waals surface area (Å²) >= 11 is 0. The van der Waals surface area contributed by atoms with E-state index < -0.39 is 0 Å². The highest BCUT2D eigenvalue weighted by Gasteiger charge is 2.04. The van der Waals surface area contributed by atoms with Gasteiger partial charge in [0.15, 0.2) is 0 Å². The van der Waals surface area contributed by atoms with Gasteiger partial charge >= 0.3 is 0 Å². The number of pyridine rings is 1. The molecular weight excluding hydrogens is 188 g/mol. The van der Waals surface area contributed by atoms with E-state index in [0.29, 0.717) is 6.54 Å². The zero-order chi connectivity index (χ0) is 10.7. The maximum atomic E-state index is 9.66. The monoisotopic (exact) mass is 200 g/mol. The molecule has 0 saturated heterocycles. The van der Waals surface area contributed by atoms with Crippen LogP contribution in [0.3, 0.4) is 0 Å². The number of aromatic hydroxyl groups is 1. The maximum absolute atomic E-state index is 9.66. The van der Waals surface area contributed by atoms with Gasteiger partial charge in [-0.05, 0) is 29.8 Å². The number of hydrogen-bond donors (Lipinski definition) is 2. The molecule has 76 valence electrons. The third-order valence-electron chi connectivity index (χ3n) is 2.24. The first-order valence-electron chi connectivity index (χ1n) is 4.74.